The first kappa shape index (κ1) is 14.0. The average Bonchev–Trinajstić information content (AvgIpc) is 2.76. The lowest BCUT2D eigenvalue weighted by molar-refractivity contribution is -0.158. The Morgan fingerprint density at radius 3 is 2.00 bits per heavy atom. The van der Waals surface area contributed by atoms with Crippen LogP contribution in [-0.2, 0) is 14.6 Å². The van der Waals surface area contributed by atoms with E-state index in [9.17, 15) is 13.2 Å². The van der Waals surface area contributed by atoms with Gasteiger partial charge < -0.3 is 4.90 Å². The molecule has 5 fully saturated rings. The maximum absolute atomic E-state index is 13.1. The van der Waals surface area contributed by atoms with Crippen molar-refractivity contribution in [1.29, 1.82) is 0 Å². The fourth-order valence-corrected chi connectivity index (χ4v) is 7.77. The van der Waals surface area contributed by atoms with Gasteiger partial charge in [0.2, 0.25) is 5.91 Å². The maximum Gasteiger partial charge on any atom is 0.228 e. The Hall–Kier alpha value is -0.580. The highest BCUT2D eigenvalue weighted by molar-refractivity contribution is 7.91. The van der Waals surface area contributed by atoms with Gasteiger partial charge in [-0.05, 0) is 62.7 Å². The van der Waals surface area contributed by atoms with Gasteiger partial charge in [0.15, 0.2) is 9.84 Å². The molecule has 5 rings (SSSR count). The summed E-state index contributed by atoms with van der Waals surface area (Å²) >= 11 is 0. The normalized spacial score (nSPS) is 46.7. The molecule has 0 radical (unpaired) electrons. The van der Waals surface area contributed by atoms with Crippen LogP contribution in [-0.4, -0.2) is 43.8 Å². The van der Waals surface area contributed by atoms with Crippen LogP contribution in [0.1, 0.15) is 44.9 Å². The third kappa shape index (κ3) is 2.23. The zero-order valence-corrected chi connectivity index (χ0v) is 13.6. The number of hydrogen-bond acceptors (Lipinski definition) is 3. The summed E-state index contributed by atoms with van der Waals surface area (Å²) in [5.41, 5.74) is -0.143. The molecule has 118 valence electrons. The standard InChI is InChI=1S/C16H25NO3S/c1-17(14-2-3-21(19,20)10-14)15(18)16-7-11-4-12(8-16)6-13(5-11)9-16/h11-14H,2-10H2,1H3/t11?,12?,13?,14-,16?/m0/s1. The van der Waals surface area contributed by atoms with Crippen molar-refractivity contribution in [2.75, 3.05) is 18.6 Å². The van der Waals surface area contributed by atoms with Crippen LogP contribution in [0.3, 0.4) is 0 Å². The number of hydrogen-bond donors (Lipinski definition) is 0. The second-order valence-corrected chi connectivity index (χ2v) is 10.4. The Kier molecular flexibility index (Phi) is 2.98. The molecule has 0 aromatic rings. The summed E-state index contributed by atoms with van der Waals surface area (Å²) in [7, 11) is -1.08. The summed E-state index contributed by atoms with van der Waals surface area (Å²) in [6.45, 7) is 0. The molecule has 4 aliphatic carbocycles. The highest BCUT2D eigenvalue weighted by Crippen LogP contribution is 2.60. The average molecular weight is 311 g/mol. The van der Waals surface area contributed by atoms with E-state index in [0.717, 1.165) is 37.0 Å². The predicted octanol–water partition coefficient (Wildman–Crippen LogP) is 1.85. The predicted molar refractivity (Wildman–Crippen MR) is 80.4 cm³/mol. The van der Waals surface area contributed by atoms with Crippen LogP contribution >= 0.6 is 0 Å². The van der Waals surface area contributed by atoms with Crippen molar-refractivity contribution >= 4 is 15.7 Å². The molecule has 5 heteroatoms. The van der Waals surface area contributed by atoms with Crippen LogP contribution in [0.2, 0.25) is 0 Å². The van der Waals surface area contributed by atoms with Crippen LogP contribution in [0, 0.1) is 23.2 Å². The number of rotatable bonds is 2. The second-order valence-electron chi connectivity index (χ2n) is 8.17. The van der Waals surface area contributed by atoms with Gasteiger partial charge in [-0.15, -0.1) is 0 Å². The SMILES string of the molecule is CN(C(=O)C12CC3CC(CC(C3)C1)C2)[C@H]1CCS(=O)(=O)C1. The molecule has 1 amide bonds. The van der Waals surface area contributed by atoms with E-state index in [-0.39, 0.29) is 28.9 Å². The Bertz CT molecular complexity index is 533. The van der Waals surface area contributed by atoms with E-state index in [2.05, 4.69) is 0 Å². The minimum absolute atomic E-state index is 0.0875. The topological polar surface area (TPSA) is 54.5 Å². The number of carbonyl (C=O) groups excluding carboxylic acids is 1. The van der Waals surface area contributed by atoms with Crippen LogP contribution in [0.4, 0.5) is 0 Å². The zero-order valence-electron chi connectivity index (χ0n) is 12.8. The molecule has 4 nitrogen and oxygen atoms in total. The molecule has 1 heterocycles. The van der Waals surface area contributed by atoms with E-state index in [4.69, 9.17) is 0 Å². The van der Waals surface area contributed by atoms with Crippen molar-refractivity contribution in [1.82, 2.24) is 4.90 Å². The van der Waals surface area contributed by atoms with E-state index in [0.29, 0.717) is 6.42 Å². The van der Waals surface area contributed by atoms with Crippen molar-refractivity contribution < 1.29 is 13.2 Å². The first-order chi connectivity index (χ1) is 9.87. The highest BCUT2D eigenvalue weighted by atomic mass is 32.2. The Balaban J connectivity index is 1.54. The number of amides is 1. The second kappa shape index (κ2) is 4.46. The summed E-state index contributed by atoms with van der Waals surface area (Å²) < 4.78 is 23.4. The number of nitrogens with zero attached hydrogens (tertiary/aromatic N) is 1. The lowest BCUT2D eigenvalue weighted by Crippen LogP contribution is -2.55. The molecule has 1 saturated heterocycles. The first-order valence-electron chi connectivity index (χ1n) is 8.35. The van der Waals surface area contributed by atoms with Crippen LogP contribution in [0.5, 0.6) is 0 Å². The molecule has 21 heavy (non-hydrogen) atoms. The lowest BCUT2D eigenvalue weighted by Gasteiger charge is -2.56. The quantitative estimate of drug-likeness (QED) is 0.782. The highest BCUT2D eigenvalue weighted by Gasteiger charge is 2.56. The van der Waals surface area contributed by atoms with Gasteiger partial charge in [0.25, 0.3) is 0 Å². The van der Waals surface area contributed by atoms with Crippen molar-refractivity contribution in [3.8, 4) is 0 Å². The minimum atomic E-state index is -2.92. The fraction of sp³-hybridized carbons (Fsp3) is 0.938. The van der Waals surface area contributed by atoms with Crippen LogP contribution < -0.4 is 0 Å². The van der Waals surface area contributed by atoms with Gasteiger partial charge in [0.1, 0.15) is 0 Å². The molecule has 0 N–H and O–H groups in total. The molecule has 1 aliphatic heterocycles. The largest absolute Gasteiger partial charge is 0.341 e. The Labute approximate surface area is 127 Å². The Morgan fingerprint density at radius 1 is 1.05 bits per heavy atom. The van der Waals surface area contributed by atoms with E-state index in [1.165, 1.54) is 19.3 Å². The van der Waals surface area contributed by atoms with Gasteiger partial charge in [-0.1, -0.05) is 0 Å². The van der Waals surface area contributed by atoms with Crippen molar-refractivity contribution in [2.45, 2.75) is 51.0 Å². The van der Waals surface area contributed by atoms with Crippen molar-refractivity contribution in [3.63, 3.8) is 0 Å². The Morgan fingerprint density at radius 2 is 1.57 bits per heavy atom. The van der Waals surface area contributed by atoms with Gasteiger partial charge in [0.05, 0.1) is 16.9 Å². The lowest BCUT2D eigenvalue weighted by atomic mass is 9.49. The van der Waals surface area contributed by atoms with Gasteiger partial charge in [0, 0.05) is 13.1 Å². The third-order valence-corrected chi connectivity index (χ3v) is 8.32. The minimum Gasteiger partial charge on any atom is -0.341 e. The monoisotopic (exact) mass is 311 g/mol. The molecule has 0 unspecified atom stereocenters. The van der Waals surface area contributed by atoms with E-state index < -0.39 is 9.84 Å². The van der Waals surface area contributed by atoms with E-state index >= 15 is 0 Å². The molecule has 0 spiro atoms. The summed E-state index contributed by atoms with van der Waals surface area (Å²) in [6, 6.07) is -0.0875. The molecule has 0 aromatic carbocycles. The van der Waals surface area contributed by atoms with Gasteiger partial charge in [-0.3, -0.25) is 4.79 Å². The molecular formula is C16H25NO3S. The summed E-state index contributed by atoms with van der Waals surface area (Å²) in [6.07, 6.45) is 7.78. The molecule has 1 atom stereocenters. The molecule has 4 saturated carbocycles. The zero-order chi connectivity index (χ0) is 14.8. The third-order valence-electron chi connectivity index (χ3n) is 6.57. The van der Waals surface area contributed by atoms with E-state index in [1.807, 2.05) is 7.05 Å². The molecule has 0 aromatic heterocycles. The summed E-state index contributed by atoms with van der Waals surface area (Å²) in [5, 5.41) is 0. The van der Waals surface area contributed by atoms with Gasteiger partial charge in [-0.2, -0.15) is 0 Å². The van der Waals surface area contributed by atoms with Crippen LogP contribution in [0.25, 0.3) is 0 Å². The molecule has 4 bridgehead atoms. The fourth-order valence-electron chi connectivity index (χ4n) is 5.99. The summed E-state index contributed by atoms with van der Waals surface area (Å²) in [4.78, 5) is 14.9. The number of sulfone groups is 1. The smallest absolute Gasteiger partial charge is 0.228 e. The maximum atomic E-state index is 13.1. The summed E-state index contributed by atoms with van der Waals surface area (Å²) in [5.74, 6) is 2.92. The van der Waals surface area contributed by atoms with E-state index in [1.54, 1.807) is 4.90 Å². The van der Waals surface area contributed by atoms with Crippen molar-refractivity contribution in [3.05, 3.63) is 0 Å². The molecular weight excluding hydrogens is 286 g/mol. The van der Waals surface area contributed by atoms with Gasteiger partial charge in [-0.25, -0.2) is 8.42 Å². The molecule has 5 aliphatic rings. The first-order valence-corrected chi connectivity index (χ1v) is 10.2. The van der Waals surface area contributed by atoms with Crippen molar-refractivity contribution in [2.24, 2.45) is 23.2 Å². The van der Waals surface area contributed by atoms with Crippen LogP contribution in [0.15, 0.2) is 0 Å². The number of carbonyl (C=O) groups is 1. The van der Waals surface area contributed by atoms with Gasteiger partial charge >= 0.3 is 0 Å².